The highest BCUT2D eigenvalue weighted by atomic mass is 19.4. The second kappa shape index (κ2) is 7.69. The van der Waals surface area contributed by atoms with Crippen molar-refractivity contribution in [1.82, 2.24) is 4.98 Å². The summed E-state index contributed by atoms with van der Waals surface area (Å²) in [6, 6.07) is 9.74. The van der Waals surface area contributed by atoms with E-state index in [-0.39, 0.29) is 22.6 Å². The molecule has 3 rings (SSSR count). The molecule has 3 aromatic rings. The van der Waals surface area contributed by atoms with Crippen LogP contribution in [0.25, 0.3) is 10.9 Å². The van der Waals surface area contributed by atoms with Crippen LogP contribution in [0.5, 0.6) is 0 Å². The average Bonchev–Trinajstić information content (AvgIpc) is 2.65. The van der Waals surface area contributed by atoms with Gasteiger partial charge in [-0.2, -0.15) is 13.2 Å². The lowest BCUT2D eigenvalue weighted by molar-refractivity contribution is -0.136. The first-order chi connectivity index (χ1) is 13.6. The molecule has 1 heterocycles. The van der Waals surface area contributed by atoms with E-state index in [2.05, 4.69) is 10.3 Å². The van der Waals surface area contributed by atoms with Crippen molar-refractivity contribution in [3.8, 4) is 0 Å². The molecule has 0 atom stereocenters. The van der Waals surface area contributed by atoms with E-state index in [1.54, 1.807) is 18.0 Å². The van der Waals surface area contributed by atoms with E-state index < -0.39 is 29.0 Å². The summed E-state index contributed by atoms with van der Waals surface area (Å²) in [5.74, 6) is -1.60. The van der Waals surface area contributed by atoms with Crippen LogP contribution in [0.4, 0.5) is 28.9 Å². The van der Waals surface area contributed by atoms with Gasteiger partial charge in [-0.25, -0.2) is 4.39 Å². The molecule has 152 valence electrons. The molecule has 0 aliphatic rings. The summed E-state index contributed by atoms with van der Waals surface area (Å²) in [7, 11) is 1.72. The maximum Gasteiger partial charge on any atom is 0.417 e. The summed E-state index contributed by atoms with van der Waals surface area (Å²) in [5.41, 5.74) is -1.20. The predicted octanol–water partition coefficient (Wildman–Crippen LogP) is 5.49. The molecule has 8 heteroatoms. The number of pyridine rings is 1. The third-order valence-electron chi connectivity index (χ3n) is 4.66. The van der Waals surface area contributed by atoms with Crippen LogP contribution < -0.4 is 10.2 Å². The molecule has 0 saturated heterocycles. The van der Waals surface area contributed by atoms with Gasteiger partial charge < -0.3 is 10.2 Å². The Kier molecular flexibility index (Phi) is 5.46. The van der Waals surface area contributed by atoms with Crippen molar-refractivity contribution < 1.29 is 22.4 Å². The molecule has 0 aliphatic carbocycles. The van der Waals surface area contributed by atoms with Crippen molar-refractivity contribution in [2.45, 2.75) is 26.1 Å². The Bertz CT molecular complexity index is 1060. The minimum atomic E-state index is -4.76. The van der Waals surface area contributed by atoms with Crippen molar-refractivity contribution in [3.63, 3.8) is 0 Å². The maximum absolute atomic E-state index is 14.4. The molecule has 1 aromatic heterocycles. The zero-order chi connectivity index (χ0) is 21.3. The first kappa shape index (κ1) is 20.6. The fourth-order valence-electron chi connectivity index (χ4n) is 2.97. The number of para-hydroxylation sites is 1. The number of nitrogens with zero attached hydrogens (tertiary/aromatic N) is 2. The molecule has 2 aromatic carbocycles. The van der Waals surface area contributed by atoms with Crippen molar-refractivity contribution in [2.75, 3.05) is 17.3 Å². The van der Waals surface area contributed by atoms with Gasteiger partial charge in [0.05, 0.1) is 22.3 Å². The number of aromatic nitrogens is 1. The quantitative estimate of drug-likeness (QED) is 0.584. The summed E-state index contributed by atoms with van der Waals surface area (Å²) < 4.78 is 55.5. The van der Waals surface area contributed by atoms with Crippen molar-refractivity contribution in [1.29, 1.82) is 0 Å². The molecule has 0 aliphatic heterocycles. The van der Waals surface area contributed by atoms with Gasteiger partial charge in [0, 0.05) is 30.4 Å². The number of nitrogens with one attached hydrogen (secondary N) is 1. The Balaban J connectivity index is 1.98. The van der Waals surface area contributed by atoms with Crippen LogP contribution in [0, 0.1) is 5.82 Å². The van der Waals surface area contributed by atoms with E-state index in [0.29, 0.717) is 5.69 Å². The zero-order valence-electron chi connectivity index (χ0n) is 16.0. The van der Waals surface area contributed by atoms with Crippen LogP contribution >= 0.6 is 0 Å². The summed E-state index contributed by atoms with van der Waals surface area (Å²) in [6.45, 7) is 3.78. The Morgan fingerprint density at radius 1 is 1.14 bits per heavy atom. The number of halogens is 4. The number of amides is 1. The Labute approximate surface area is 165 Å². The average molecular weight is 405 g/mol. The molecule has 0 bridgehead atoms. The largest absolute Gasteiger partial charge is 0.417 e. The molecule has 0 radical (unpaired) electrons. The van der Waals surface area contributed by atoms with Crippen LogP contribution in [0.2, 0.25) is 0 Å². The van der Waals surface area contributed by atoms with Gasteiger partial charge in [-0.3, -0.25) is 9.78 Å². The van der Waals surface area contributed by atoms with E-state index in [4.69, 9.17) is 0 Å². The normalized spacial score (nSPS) is 11.7. The number of hydrogen-bond donors (Lipinski definition) is 1. The van der Waals surface area contributed by atoms with E-state index in [1.807, 2.05) is 13.8 Å². The van der Waals surface area contributed by atoms with Crippen LogP contribution in [0.15, 0.2) is 48.7 Å². The fourth-order valence-corrected chi connectivity index (χ4v) is 2.97. The number of carbonyl (C=O) groups excluding carboxylic acids is 1. The second-order valence-electron chi connectivity index (χ2n) is 6.89. The number of alkyl halides is 3. The molecule has 0 fully saturated rings. The molecule has 29 heavy (non-hydrogen) atoms. The maximum atomic E-state index is 14.4. The highest BCUT2D eigenvalue weighted by molar-refractivity contribution is 6.07. The Morgan fingerprint density at radius 3 is 2.45 bits per heavy atom. The minimum Gasteiger partial charge on any atom is -0.370 e. The van der Waals surface area contributed by atoms with Crippen molar-refractivity contribution in [2.24, 2.45) is 0 Å². The number of rotatable bonds is 4. The number of anilines is 2. The van der Waals surface area contributed by atoms with E-state index >= 15 is 0 Å². The smallest absolute Gasteiger partial charge is 0.370 e. The minimum absolute atomic E-state index is 0.0444. The highest BCUT2D eigenvalue weighted by Crippen LogP contribution is 2.37. The van der Waals surface area contributed by atoms with Gasteiger partial charge in [0.2, 0.25) is 0 Å². The van der Waals surface area contributed by atoms with Crippen LogP contribution in [0.1, 0.15) is 29.8 Å². The molecule has 4 nitrogen and oxygen atoms in total. The lowest BCUT2D eigenvalue weighted by atomic mass is 10.0. The van der Waals surface area contributed by atoms with Gasteiger partial charge in [-0.1, -0.05) is 18.2 Å². The number of fused-ring (bicyclic) bond motifs is 1. The van der Waals surface area contributed by atoms with Gasteiger partial charge in [0.1, 0.15) is 5.82 Å². The van der Waals surface area contributed by atoms with E-state index in [0.717, 1.165) is 12.3 Å². The summed E-state index contributed by atoms with van der Waals surface area (Å²) >= 11 is 0. The second-order valence-corrected chi connectivity index (χ2v) is 6.89. The molecule has 0 saturated carbocycles. The Morgan fingerprint density at radius 2 is 1.83 bits per heavy atom. The van der Waals surface area contributed by atoms with Gasteiger partial charge in [-0.15, -0.1) is 0 Å². The molecule has 1 amide bonds. The first-order valence-corrected chi connectivity index (χ1v) is 8.88. The summed E-state index contributed by atoms with van der Waals surface area (Å²) in [5, 5.41) is 2.16. The van der Waals surface area contributed by atoms with Crippen LogP contribution in [0.3, 0.4) is 0 Å². The van der Waals surface area contributed by atoms with Crippen LogP contribution in [-0.4, -0.2) is 24.0 Å². The third kappa shape index (κ3) is 4.16. The van der Waals surface area contributed by atoms with Gasteiger partial charge >= 0.3 is 6.18 Å². The predicted molar refractivity (Wildman–Crippen MR) is 105 cm³/mol. The molecule has 0 unspecified atom stereocenters. The van der Waals surface area contributed by atoms with Gasteiger partial charge in [0.25, 0.3) is 5.91 Å². The third-order valence-corrected chi connectivity index (χ3v) is 4.66. The van der Waals surface area contributed by atoms with Crippen molar-refractivity contribution >= 4 is 28.2 Å². The standard InChI is InChI=1S/C21H19F4N3O/c1-12(2)28(3)18-9-8-13(10-16(18)22)27-20(29)15-11-26-17-7-5-4-6-14(17)19(15)21(23,24)25/h4-12H,1-3H3,(H,27,29). The fraction of sp³-hybridized carbons (Fsp3) is 0.238. The topological polar surface area (TPSA) is 45.2 Å². The van der Waals surface area contributed by atoms with Gasteiger partial charge in [-0.05, 0) is 38.1 Å². The SMILES string of the molecule is CC(C)N(C)c1ccc(NC(=O)c2cnc3ccccc3c2C(F)(F)F)cc1F. The number of benzene rings is 2. The number of hydrogen-bond acceptors (Lipinski definition) is 3. The Hall–Kier alpha value is -3.16. The van der Waals surface area contributed by atoms with E-state index in [9.17, 15) is 22.4 Å². The van der Waals surface area contributed by atoms with E-state index in [1.165, 1.54) is 30.3 Å². The lowest BCUT2D eigenvalue weighted by Crippen LogP contribution is -2.26. The zero-order valence-corrected chi connectivity index (χ0v) is 16.0. The number of carbonyl (C=O) groups is 1. The highest BCUT2D eigenvalue weighted by Gasteiger charge is 2.37. The summed E-state index contributed by atoms with van der Waals surface area (Å²) in [4.78, 5) is 18.2. The van der Waals surface area contributed by atoms with Gasteiger partial charge in [0.15, 0.2) is 0 Å². The van der Waals surface area contributed by atoms with Crippen molar-refractivity contribution in [3.05, 3.63) is 65.6 Å². The van der Waals surface area contributed by atoms with Crippen LogP contribution in [-0.2, 0) is 6.18 Å². The monoisotopic (exact) mass is 405 g/mol. The molecular formula is C21H19F4N3O. The molecule has 1 N–H and O–H groups in total. The lowest BCUT2D eigenvalue weighted by Gasteiger charge is -2.24. The molecule has 0 spiro atoms. The molecular weight excluding hydrogens is 386 g/mol. The first-order valence-electron chi connectivity index (χ1n) is 8.88. The summed E-state index contributed by atoms with van der Waals surface area (Å²) in [6.07, 6.45) is -3.87.